The van der Waals surface area contributed by atoms with Gasteiger partial charge in [0, 0.05) is 23.9 Å². The van der Waals surface area contributed by atoms with E-state index in [0.717, 1.165) is 28.5 Å². The van der Waals surface area contributed by atoms with E-state index in [2.05, 4.69) is 0 Å². The van der Waals surface area contributed by atoms with Gasteiger partial charge in [-0.3, -0.25) is 4.79 Å². The van der Waals surface area contributed by atoms with Crippen molar-refractivity contribution in [1.29, 1.82) is 0 Å². The summed E-state index contributed by atoms with van der Waals surface area (Å²) < 4.78 is 21.2. The van der Waals surface area contributed by atoms with Crippen LogP contribution in [0.3, 0.4) is 0 Å². The van der Waals surface area contributed by atoms with Crippen molar-refractivity contribution in [3.63, 3.8) is 0 Å². The van der Waals surface area contributed by atoms with Crippen LogP contribution in [0.2, 0.25) is 0 Å². The molecule has 0 aliphatic rings. The Kier molecular flexibility index (Phi) is 7.65. The van der Waals surface area contributed by atoms with Crippen LogP contribution in [0, 0.1) is 6.92 Å². The van der Waals surface area contributed by atoms with Crippen molar-refractivity contribution in [2.45, 2.75) is 39.7 Å². The second kappa shape index (κ2) is 10.6. The van der Waals surface area contributed by atoms with Crippen molar-refractivity contribution in [2.24, 2.45) is 0 Å². The van der Waals surface area contributed by atoms with Crippen LogP contribution in [0.15, 0.2) is 51.7 Å². The molecule has 1 aromatic heterocycles. The van der Waals surface area contributed by atoms with Gasteiger partial charge in [0.2, 0.25) is 0 Å². The zero-order valence-corrected chi connectivity index (χ0v) is 18.4. The topological polar surface area (TPSA) is 92.0 Å². The van der Waals surface area contributed by atoms with Gasteiger partial charge in [-0.25, -0.2) is 9.59 Å². The summed E-state index contributed by atoms with van der Waals surface area (Å²) in [6.07, 6.45) is 1.41. The van der Waals surface area contributed by atoms with Crippen LogP contribution < -0.4 is 10.4 Å². The van der Waals surface area contributed by atoms with Gasteiger partial charge >= 0.3 is 17.6 Å². The monoisotopic (exact) mass is 438 g/mol. The lowest BCUT2D eigenvalue weighted by Gasteiger charge is -2.14. The van der Waals surface area contributed by atoms with Crippen LogP contribution in [0.5, 0.6) is 5.75 Å². The van der Waals surface area contributed by atoms with E-state index in [1.165, 1.54) is 13.2 Å². The average Bonchev–Trinajstić information content (AvgIpc) is 2.79. The Balaban J connectivity index is 1.84. The molecule has 7 nitrogen and oxygen atoms in total. The van der Waals surface area contributed by atoms with Crippen molar-refractivity contribution in [1.82, 2.24) is 0 Å². The molecule has 0 spiro atoms. The summed E-state index contributed by atoms with van der Waals surface area (Å²) in [6.45, 7) is 4.40. The third-order valence-corrected chi connectivity index (χ3v) is 4.97. The number of carbonyl (C=O) groups excluding carboxylic acids is 2. The summed E-state index contributed by atoms with van der Waals surface area (Å²) in [5, 5.41) is 0.788. The fourth-order valence-electron chi connectivity index (χ4n) is 3.26. The standard InChI is InChI=1S/C25H26O7/c1-4-11-30-23(26)10-9-19-13-20-16(2)12-24(27)32-22(20)14-21(19)31-15-17-5-7-18(8-6-17)25(28)29-3/h5-8,12-14H,4,9-11,15H2,1-3H3. The summed E-state index contributed by atoms with van der Waals surface area (Å²) in [5.74, 6) is -0.158. The van der Waals surface area contributed by atoms with Crippen molar-refractivity contribution in [3.05, 3.63) is 75.1 Å². The number of fused-ring (bicyclic) bond motifs is 1. The first-order chi connectivity index (χ1) is 15.4. The maximum atomic E-state index is 12.0. The number of methoxy groups -OCH3 is 1. The lowest BCUT2D eigenvalue weighted by Crippen LogP contribution is -2.08. The fourth-order valence-corrected chi connectivity index (χ4v) is 3.26. The van der Waals surface area contributed by atoms with Crippen LogP contribution >= 0.6 is 0 Å². The molecular formula is C25H26O7. The number of rotatable bonds is 9. The minimum Gasteiger partial charge on any atom is -0.488 e. The molecule has 0 aliphatic heterocycles. The minimum atomic E-state index is -0.435. The maximum absolute atomic E-state index is 12.0. The van der Waals surface area contributed by atoms with Crippen molar-refractivity contribution >= 4 is 22.9 Å². The maximum Gasteiger partial charge on any atom is 0.337 e. The van der Waals surface area contributed by atoms with Gasteiger partial charge in [-0.15, -0.1) is 0 Å². The zero-order valence-electron chi connectivity index (χ0n) is 18.4. The van der Waals surface area contributed by atoms with Crippen LogP contribution in [0.25, 0.3) is 11.0 Å². The Morgan fingerprint density at radius 2 is 1.81 bits per heavy atom. The predicted octanol–water partition coefficient (Wildman–Crippen LogP) is 4.35. The molecule has 0 radical (unpaired) electrons. The first kappa shape index (κ1) is 23.1. The molecule has 3 aromatic rings. The van der Waals surface area contributed by atoms with Gasteiger partial charge in [0.25, 0.3) is 0 Å². The van der Waals surface area contributed by atoms with Crippen LogP contribution in [-0.4, -0.2) is 25.7 Å². The Bertz CT molecular complexity index is 1160. The molecule has 0 saturated heterocycles. The highest BCUT2D eigenvalue weighted by Gasteiger charge is 2.13. The number of aryl methyl sites for hydroxylation is 2. The third kappa shape index (κ3) is 5.75. The Morgan fingerprint density at radius 1 is 1.06 bits per heavy atom. The molecule has 0 saturated carbocycles. The molecule has 0 amide bonds. The van der Waals surface area contributed by atoms with Crippen molar-refractivity contribution in [3.8, 4) is 5.75 Å². The summed E-state index contributed by atoms with van der Waals surface area (Å²) in [7, 11) is 1.33. The van der Waals surface area contributed by atoms with Crippen LogP contribution in [0.1, 0.15) is 46.8 Å². The lowest BCUT2D eigenvalue weighted by atomic mass is 10.0. The van der Waals surface area contributed by atoms with E-state index in [0.29, 0.717) is 29.9 Å². The quantitative estimate of drug-likeness (QED) is 0.362. The highest BCUT2D eigenvalue weighted by molar-refractivity contribution is 5.89. The van der Waals surface area contributed by atoms with E-state index in [1.807, 2.05) is 19.9 Å². The summed E-state index contributed by atoms with van der Waals surface area (Å²) in [6, 6.07) is 11.9. The normalized spacial score (nSPS) is 10.7. The summed E-state index contributed by atoms with van der Waals surface area (Å²) in [4.78, 5) is 35.4. The Hall–Kier alpha value is -3.61. The number of ether oxygens (including phenoxy) is 3. The van der Waals surface area contributed by atoms with Crippen molar-refractivity contribution < 1.29 is 28.2 Å². The summed E-state index contributed by atoms with van der Waals surface area (Å²) >= 11 is 0. The van der Waals surface area contributed by atoms with Gasteiger partial charge in [0.05, 0.1) is 19.3 Å². The fraction of sp³-hybridized carbons (Fsp3) is 0.320. The second-order valence-electron chi connectivity index (χ2n) is 7.40. The number of carbonyl (C=O) groups is 2. The molecule has 3 rings (SSSR count). The van der Waals surface area contributed by atoms with E-state index in [4.69, 9.17) is 18.6 Å². The van der Waals surface area contributed by atoms with E-state index in [1.54, 1.807) is 30.3 Å². The van der Waals surface area contributed by atoms with Crippen LogP contribution in [0.4, 0.5) is 0 Å². The van der Waals surface area contributed by atoms with Gasteiger partial charge < -0.3 is 18.6 Å². The Morgan fingerprint density at radius 3 is 2.50 bits per heavy atom. The van der Waals surface area contributed by atoms with Gasteiger partial charge in [-0.1, -0.05) is 19.1 Å². The van der Waals surface area contributed by atoms with E-state index in [9.17, 15) is 14.4 Å². The summed E-state index contributed by atoms with van der Waals surface area (Å²) in [5.41, 5.74) is 2.88. The highest BCUT2D eigenvalue weighted by Crippen LogP contribution is 2.29. The number of hydrogen-bond donors (Lipinski definition) is 0. The first-order valence-corrected chi connectivity index (χ1v) is 10.4. The van der Waals surface area contributed by atoms with E-state index in [-0.39, 0.29) is 19.0 Å². The molecule has 0 bridgehead atoms. The molecule has 0 N–H and O–H groups in total. The molecule has 168 valence electrons. The van der Waals surface area contributed by atoms with Crippen molar-refractivity contribution in [2.75, 3.05) is 13.7 Å². The van der Waals surface area contributed by atoms with E-state index >= 15 is 0 Å². The molecule has 7 heteroatoms. The SMILES string of the molecule is CCCOC(=O)CCc1cc2c(C)cc(=O)oc2cc1OCc1ccc(C(=O)OC)cc1. The lowest BCUT2D eigenvalue weighted by molar-refractivity contribution is -0.143. The first-order valence-electron chi connectivity index (χ1n) is 10.4. The number of esters is 2. The third-order valence-electron chi connectivity index (χ3n) is 4.97. The second-order valence-corrected chi connectivity index (χ2v) is 7.40. The molecule has 1 heterocycles. The van der Waals surface area contributed by atoms with Gasteiger partial charge in [-0.2, -0.15) is 0 Å². The van der Waals surface area contributed by atoms with Gasteiger partial charge in [-0.05, 0) is 54.7 Å². The average molecular weight is 438 g/mol. The molecule has 0 fully saturated rings. The zero-order chi connectivity index (χ0) is 23.1. The van der Waals surface area contributed by atoms with Gasteiger partial charge in [0.1, 0.15) is 17.9 Å². The molecular weight excluding hydrogens is 412 g/mol. The largest absolute Gasteiger partial charge is 0.488 e. The molecule has 32 heavy (non-hydrogen) atoms. The number of hydrogen-bond acceptors (Lipinski definition) is 7. The smallest absolute Gasteiger partial charge is 0.337 e. The Labute approximate surface area is 185 Å². The molecule has 2 aromatic carbocycles. The van der Waals surface area contributed by atoms with Gasteiger partial charge in [0.15, 0.2) is 0 Å². The molecule has 0 aliphatic carbocycles. The van der Waals surface area contributed by atoms with E-state index < -0.39 is 11.6 Å². The predicted molar refractivity (Wildman–Crippen MR) is 119 cm³/mol. The highest BCUT2D eigenvalue weighted by atomic mass is 16.5. The molecule has 0 atom stereocenters. The number of benzene rings is 2. The minimum absolute atomic E-state index is 0.214. The van der Waals surface area contributed by atoms with Crippen LogP contribution in [-0.2, 0) is 27.3 Å². The molecule has 0 unspecified atom stereocenters.